The number of para-hydroxylation sites is 2. The molecule has 2 aromatic carbocycles. The highest BCUT2D eigenvalue weighted by Gasteiger charge is 2.25. The molecular formula is C25H28N4O3. The van der Waals surface area contributed by atoms with Gasteiger partial charge in [0.1, 0.15) is 6.61 Å². The Bertz CT molecular complexity index is 1070. The van der Waals surface area contributed by atoms with E-state index in [2.05, 4.69) is 15.6 Å². The monoisotopic (exact) mass is 432 g/mol. The number of aromatic nitrogens is 1. The molecule has 1 aromatic heterocycles. The summed E-state index contributed by atoms with van der Waals surface area (Å²) in [7, 11) is 0. The number of amides is 2. The average molecular weight is 433 g/mol. The van der Waals surface area contributed by atoms with Crippen LogP contribution in [-0.2, 0) is 17.8 Å². The number of hydrogen-bond donors (Lipinski definition) is 3. The van der Waals surface area contributed by atoms with Gasteiger partial charge in [0.2, 0.25) is 0 Å². The molecule has 0 fully saturated rings. The number of nitrogens with zero attached hydrogens (tertiary/aromatic N) is 1. The van der Waals surface area contributed by atoms with Gasteiger partial charge in [0.15, 0.2) is 0 Å². The van der Waals surface area contributed by atoms with E-state index in [-0.39, 0.29) is 18.6 Å². The van der Waals surface area contributed by atoms with E-state index >= 15 is 0 Å². The summed E-state index contributed by atoms with van der Waals surface area (Å²) in [6.07, 6.45) is 4.39. The zero-order chi connectivity index (χ0) is 22.9. The van der Waals surface area contributed by atoms with Gasteiger partial charge in [0, 0.05) is 23.5 Å². The van der Waals surface area contributed by atoms with Gasteiger partial charge in [-0.2, -0.15) is 0 Å². The number of hydrogen-bond acceptors (Lipinski definition) is 5. The molecule has 7 nitrogen and oxygen atoms in total. The number of nitrogens with one attached hydrogen (secondary N) is 2. The van der Waals surface area contributed by atoms with Gasteiger partial charge in [0.25, 0.3) is 5.91 Å². The molecule has 0 aliphatic heterocycles. The van der Waals surface area contributed by atoms with E-state index in [1.807, 2.05) is 44.2 Å². The lowest BCUT2D eigenvalue weighted by atomic mass is 10.0. The number of carbonyl (C=O) groups is 2. The maximum absolute atomic E-state index is 12.6. The van der Waals surface area contributed by atoms with Crippen molar-refractivity contribution in [2.75, 3.05) is 11.1 Å². The van der Waals surface area contributed by atoms with E-state index < -0.39 is 6.09 Å². The molecule has 3 aromatic rings. The summed E-state index contributed by atoms with van der Waals surface area (Å²) in [5.74, 6) is -0.219. The number of aryl methyl sites for hydroxylation is 1. The summed E-state index contributed by atoms with van der Waals surface area (Å²) in [5.41, 5.74) is 10.4. The molecule has 1 aliphatic carbocycles. The van der Waals surface area contributed by atoms with E-state index in [0.29, 0.717) is 16.9 Å². The maximum Gasteiger partial charge on any atom is 0.407 e. The first-order chi connectivity index (χ1) is 15.6. The van der Waals surface area contributed by atoms with Gasteiger partial charge in [-0.15, -0.1) is 0 Å². The number of pyridine rings is 1. The van der Waals surface area contributed by atoms with Crippen LogP contribution in [0.5, 0.6) is 0 Å². The first-order valence-corrected chi connectivity index (χ1v) is 10.7. The minimum Gasteiger partial charge on any atom is -0.445 e. The molecular weight excluding hydrogens is 404 g/mol. The van der Waals surface area contributed by atoms with Crippen LogP contribution in [0.4, 0.5) is 16.2 Å². The summed E-state index contributed by atoms with van der Waals surface area (Å²) >= 11 is 0. The third-order valence-electron chi connectivity index (χ3n) is 5.08. The van der Waals surface area contributed by atoms with E-state index in [0.717, 1.165) is 29.5 Å². The highest BCUT2D eigenvalue weighted by Crippen LogP contribution is 2.32. The standard InChI is InChI=1S/C23H22N4O3.C2H6/c24-19-5-1-2-6-21(19)26-22(28)17-7-9-18-16(12-17)8-10-20(18)27-23(29)30-14-15-4-3-11-25-13-15;1-2/h1-7,9,11-13,20H,8,10,14,24H2,(H,26,28)(H,27,29);1-2H3. The topological polar surface area (TPSA) is 106 Å². The molecule has 7 heteroatoms. The minimum atomic E-state index is -0.474. The number of alkyl carbamates (subject to hydrolysis) is 1. The van der Waals surface area contributed by atoms with Crippen LogP contribution < -0.4 is 16.4 Å². The molecule has 1 unspecified atom stereocenters. The van der Waals surface area contributed by atoms with Crippen LogP contribution >= 0.6 is 0 Å². The Balaban J connectivity index is 0.00000141. The number of nitrogens with two attached hydrogens (primary N) is 1. The zero-order valence-corrected chi connectivity index (χ0v) is 18.3. The predicted molar refractivity (Wildman–Crippen MR) is 125 cm³/mol. The van der Waals surface area contributed by atoms with Crippen molar-refractivity contribution in [1.29, 1.82) is 0 Å². The molecule has 1 aliphatic rings. The Morgan fingerprint density at radius 2 is 1.94 bits per heavy atom. The lowest BCUT2D eigenvalue weighted by molar-refractivity contribution is 0.102. The minimum absolute atomic E-state index is 0.136. The maximum atomic E-state index is 12.6. The first-order valence-electron chi connectivity index (χ1n) is 10.7. The van der Waals surface area contributed by atoms with Crippen molar-refractivity contribution >= 4 is 23.4 Å². The molecule has 0 bridgehead atoms. The van der Waals surface area contributed by atoms with Crippen molar-refractivity contribution < 1.29 is 14.3 Å². The van der Waals surface area contributed by atoms with Crippen molar-refractivity contribution in [2.45, 2.75) is 39.3 Å². The summed E-state index contributed by atoms with van der Waals surface area (Å²) in [6.45, 7) is 4.17. The molecule has 0 saturated carbocycles. The van der Waals surface area contributed by atoms with Crippen LogP contribution in [0.15, 0.2) is 67.0 Å². The van der Waals surface area contributed by atoms with Crippen LogP contribution in [0.1, 0.15) is 53.4 Å². The van der Waals surface area contributed by atoms with E-state index in [4.69, 9.17) is 10.5 Å². The summed E-state index contributed by atoms with van der Waals surface area (Å²) in [5, 5.41) is 5.74. The second-order valence-electron chi connectivity index (χ2n) is 7.13. The van der Waals surface area contributed by atoms with E-state index in [1.54, 1.807) is 36.7 Å². The Morgan fingerprint density at radius 1 is 1.12 bits per heavy atom. The number of nitrogen functional groups attached to an aromatic ring is 1. The molecule has 4 rings (SSSR count). The third kappa shape index (κ3) is 5.63. The lowest BCUT2D eigenvalue weighted by Gasteiger charge is -2.15. The number of rotatable bonds is 5. The first kappa shape index (κ1) is 22.8. The fourth-order valence-electron chi connectivity index (χ4n) is 3.53. The SMILES string of the molecule is CC.Nc1ccccc1NC(=O)c1ccc2c(c1)CCC2NC(=O)OCc1cccnc1. The fraction of sp³-hybridized carbons (Fsp3) is 0.240. The number of benzene rings is 2. The molecule has 32 heavy (non-hydrogen) atoms. The molecule has 166 valence electrons. The zero-order valence-electron chi connectivity index (χ0n) is 18.3. The highest BCUT2D eigenvalue weighted by atomic mass is 16.5. The summed E-state index contributed by atoms with van der Waals surface area (Å²) in [4.78, 5) is 28.7. The normalized spacial score (nSPS) is 13.9. The fourth-order valence-corrected chi connectivity index (χ4v) is 3.53. The smallest absolute Gasteiger partial charge is 0.407 e. The van der Waals surface area contributed by atoms with Gasteiger partial charge in [0.05, 0.1) is 17.4 Å². The number of ether oxygens (including phenoxy) is 1. The molecule has 4 N–H and O–H groups in total. The summed E-state index contributed by atoms with van der Waals surface area (Å²) in [6, 6.07) is 16.2. The highest BCUT2D eigenvalue weighted by molar-refractivity contribution is 6.05. The van der Waals surface area contributed by atoms with Gasteiger partial charge in [-0.3, -0.25) is 9.78 Å². The van der Waals surface area contributed by atoms with Crippen molar-refractivity contribution in [1.82, 2.24) is 10.3 Å². The second kappa shape index (κ2) is 10.9. The molecule has 0 radical (unpaired) electrons. The van der Waals surface area contributed by atoms with E-state index in [9.17, 15) is 9.59 Å². The second-order valence-corrected chi connectivity index (χ2v) is 7.13. The van der Waals surface area contributed by atoms with Crippen LogP contribution in [-0.4, -0.2) is 17.0 Å². The number of carbonyl (C=O) groups excluding carboxylic acids is 2. The van der Waals surface area contributed by atoms with Crippen molar-refractivity contribution in [2.24, 2.45) is 0 Å². The Kier molecular flexibility index (Phi) is 7.80. The largest absolute Gasteiger partial charge is 0.445 e. The number of anilines is 2. The molecule has 1 heterocycles. The van der Waals surface area contributed by atoms with Gasteiger partial charge in [-0.1, -0.05) is 38.1 Å². The molecule has 2 amide bonds. The Hall–Kier alpha value is -3.87. The van der Waals surface area contributed by atoms with Gasteiger partial charge >= 0.3 is 6.09 Å². The summed E-state index contributed by atoms with van der Waals surface area (Å²) < 4.78 is 5.28. The third-order valence-corrected chi connectivity index (χ3v) is 5.08. The predicted octanol–water partition coefficient (Wildman–Crippen LogP) is 4.86. The van der Waals surface area contributed by atoms with Crippen LogP contribution in [0.2, 0.25) is 0 Å². The molecule has 1 atom stereocenters. The van der Waals surface area contributed by atoms with Crippen molar-refractivity contribution in [3.63, 3.8) is 0 Å². The Morgan fingerprint density at radius 3 is 2.69 bits per heavy atom. The van der Waals surface area contributed by atoms with Crippen molar-refractivity contribution in [3.05, 3.63) is 89.2 Å². The van der Waals surface area contributed by atoms with Crippen molar-refractivity contribution in [3.8, 4) is 0 Å². The quantitative estimate of drug-likeness (QED) is 0.500. The van der Waals surface area contributed by atoms with E-state index in [1.165, 1.54) is 0 Å². The Labute approximate surface area is 188 Å². The van der Waals surface area contributed by atoms with Crippen LogP contribution in [0.25, 0.3) is 0 Å². The van der Waals surface area contributed by atoms with Crippen LogP contribution in [0.3, 0.4) is 0 Å². The number of fused-ring (bicyclic) bond motifs is 1. The molecule has 0 saturated heterocycles. The van der Waals surface area contributed by atoms with Gasteiger partial charge < -0.3 is 21.1 Å². The average Bonchev–Trinajstić information content (AvgIpc) is 3.23. The van der Waals surface area contributed by atoms with Crippen LogP contribution in [0, 0.1) is 0 Å². The van der Waals surface area contributed by atoms with Gasteiger partial charge in [-0.25, -0.2) is 4.79 Å². The van der Waals surface area contributed by atoms with Gasteiger partial charge in [-0.05, 0) is 54.3 Å². The lowest BCUT2D eigenvalue weighted by Crippen LogP contribution is -2.27. The molecule has 0 spiro atoms.